The van der Waals surface area contributed by atoms with Crippen LogP contribution in [0.2, 0.25) is 0 Å². The van der Waals surface area contributed by atoms with Crippen LogP contribution in [0.25, 0.3) is 22.1 Å². The van der Waals surface area contributed by atoms with E-state index in [-0.39, 0.29) is 34.5 Å². The van der Waals surface area contributed by atoms with Crippen LogP contribution in [-0.2, 0) is 6.42 Å². The number of phenols is 2. The smallest absolute Gasteiger partial charge is 0.204 e. The zero-order chi connectivity index (χ0) is 19.7. The topological polar surface area (TPSA) is 100 Å². The molecule has 3 aromatic rings. The number of fused-ring (bicyclic) bond motifs is 1. The minimum atomic E-state index is -0.810. The van der Waals surface area contributed by atoms with Crippen molar-refractivity contribution in [3.8, 4) is 28.4 Å². The molecule has 0 aliphatic heterocycles. The number of aliphatic hydroxyl groups is 1. The second-order valence-corrected chi connectivity index (χ2v) is 6.41. The Morgan fingerprint density at radius 1 is 1.22 bits per heavy atom. The summed E-state index contributed by atoms with van der Waals surface area (Å²) >= 11 is 0. The Morgan fingerprint density at radius 3 is 2.63 bits per heavy atom. The van der Waals surface area contributed by atoms with Crippen LogP contribution < -0.4 is 10.2 Å². The third-order valence-electron chi connectivity index (χ3n) is 4.44. The van der Waals surface area contributed by atoms with Crippen molar-refractivity contribution in [1.29, 1.82) is 0 Å². The molecule has 6 nitrogen and oxygen atoms in total. The minimum Gasteiger partial charge on any atom is -0.508 e. The molecule has 0 radical (unpaired) electrons. The van der Waals surface area contributed by atoms with E-state index in [1.54, 1.807) is 19.1 Å². The molecule has 0 fully saturated rings. The zero-order valence-electron chi connectivity index (χ0n) is 15.0. The van der Waals surface area contributed by atoms with E-state index in [0.29, 0.717) is 22.4 Å². The molecular formula is C21H20O6. The van der Waals surface area contributed by atoms with Gasteiger partial charge in [0.15, 0.2) is 0 Å². The third-order valence-corrected chi connectivity index (χ3v) is 4.44. The average Bonchev–Trinajstić information content (AvgIpc) is 2.63. The van der Waals surface area contributed by atoms with E-state index in [2.05, 4.69) is 6.58 Å². The molecule has 2 aromatic carbocycles. The molecule has 3 N–H and O–H groups in total. The van der Waals surface area contributed by atoms with Gasteiger partial charge in [-0.15, -0.1) is 0 Å². The van der Waals surface area contributed by atoms with E-state index in [0.717, 1.165) is 0 Å². The Balaban J connectivity index is 2.13. The van der Waals surface area contributed by atoms with E-state index in [1.807, 2.05) is 0 Å². The molecule has 140 valence electrons. The van der Waals surface area contributed by atoms with Gasteiger partial charge in [-0.05, 0) is 30.2 Å². The molecule has 27 heavy (non-hydrogen) atoms. The van der Waals surface area contributed by atoms with Crippen molar-refractivity contribution >= 4 is 11.0 Å². The van der Waals surface area contributed by atoms with Crippen LogP contribution >= 0.6 is 0 Å². The molecule has 0 aliphatic rings. The number of hydrogen-bond donors (Lipinski definition) is 3. The molecule has 1 heterocycles. The maximum Gasteiger partial charge on any atom is 0.204 e. The van der Waals surface area contributed by atoms with Crippen LogP contribution in [-0.4, -0.2) is 28.5 Å². The van der Waals surface area contributed by atoms with Gasteiger partial charge in [-0.3, -0.25) is 4.79 Å². The summed E-state index contributed by atoms with van der Waals surface area (Å²) in [5.74, 6) is 0.144. The van der Waals surface area contributed by atoms with Crippen LogP contribution in [0.15, 0.2) is 58.0 Å². The lowest BCUT2D eigenvalue weighted by Gasteiger charge is -2.13. The molecule has 0 bridgehead atoms. The van der Waals surface area contributed by atoms with Crippen molar-refractivity contribution in [3.63, 3.8) is 0 Å². The Kier molecular flexibility index (Phi) is 4.92. The lowest BCUT2D eigenvalue weighted by molar-refractivity contribution is 0.210. The quantitative estimate of drug-likeness (QED) is 0.597. The fraction of sp³-hybridized carbons (Fsp3) is 0.190. The molecule has 0 spiro atoms. The highest BCUT2D eigenvalue weighted by atomic mass is 16.5. The number of aliphatic hydroxyl groups excluding tert-OH is 1. The number of methoxy groups -OCH3 is 1. The van der Waals surface area contributed by atoms with Crippen molar-refractivity contribution in [2.45, 2.75) is 19.4 Å². The molecule has 6 heteroatoms. The van der Waals surface area contributed by atoms with Gasteiger partial charge in [0.05, 0.1) is 18.8 Å². The van der Waals surface area contributed by atoms with E-state index in [4.69, 9.17) is 9.15 Å². The molecule has 1 aromatic heterocycles. The summed E-state index contributed by atoms with van der Waals surface area (Å²) < 4.78 is 10.6. The molecule has 3 rings (SSSR count). The van der Waals surface area contributed by atoms with Crippen molar-refractivity contribution in [3.05, 3.63) is 64.5 Å². The van der Waals surface area contributed by atoms with Crippen molar-refractivity contribution in [2.75, 3.05) is 7.11 Å². The Hall–Kier alpha value is -3.25. The maximum absolute atomic E-state index is 12.9. The highest BCUT2D eigenvalue weighted by molar-refractivity contribution is 5.88. The van der Waals surface area contributed by atoms with Crippen LogP contribution in [0.3, 0.4) is 0 Å². The number of ether oxygens (including phenoxy) is 1. The van der Waals surface area contributed by atoms with Gasteiger partial charge in [0.25, 0.3) is 0 Å². The summed E-state index contributed by atoms with van der Waals surface area (Å²) in [5, 5.41) is 30.3. The second kappa shape index (κ2) is 7.17. The number of phenolic OH excluding ortho intramolecular Hbond substituents is 2. The van der Waals surface area contributed by atoms with Crippen LogP contribution in [0.4, 0.5) is 0 Å². The van der Waals surface area contributed by atoms with Gasteiger partial charge in [-0.25, -0.2) is 0 Å². The largest absolute Gasteiger partial charge is 0.508 e. The first-order chi connectivity index (χ1) is 12.8. The fourth-order valence-corrected chi connectivity index (χ4v) is 2.82. The zero-order valence-corrected chi connectivity index (χ0v) is 15.0. The van der Waals surface area contributed by atoms with Gasteiger partial charge in [-0.1, -0.05) is 18.2 Å². The SMILES string of the molecule is C=C(C)[C@H](O)Cc1cc(-c2coc3cc(OC)cc(O)c3c2=O)ccc1O. The minimum absolute atomic E-state index is 0.0109. The Bertz CT molecular complexity index is 1080. The molecule has 0 amide bonds. The van der Waals surface area contributed by atoms with E-state index in [9.17, 15) is 20.1 Å². The lowest BCUT2D eigenvalue weighted by Crippen LogP contribution is -2.11. The predicted octanol–water partition coefficient (Wildman–Crippen LogP) is 3.36. The maximum atomic E-state index is 12.9. The van der Waals surface area contributed by atoms with Crippen LogP contribution in [0, 0.1) is 0 Å². The summed E-state index contributed by atoms with van der Waals surface area (Å²) in [5.41, 5.74) is 1.58. The fourth-order valence-electron chi connectivity index (χ4n) is 2.82. The standard InChI is InChI=1S/C21H20O6/c1-11(2)17(23)7-13-6-12(4-5-16(13)22)15-10-27-19-9-14(26-3)8-18(24)20(19)21(15)25/h4-6,8-10,17,22-24H,1,7H2,2-3H3/t17-/m1/s1. The lowest BCUT2D eigenvalue weighted by atomic mass is 9.97. The Labute approximate surface area is 155 Å². The van der Waals surface area contributed by atoms with E-state index >= 15 is 0 Å². The number of hydrogen-bond acceptors (Lipinski definition) is 6. The van der Waals surface area contributed by atoms with E-state index < -0.39 is 11.5 Å². The predicted molar refractivity (Wildman–Crippen MR) is 102 cm³/mol. The highest BCUT2D eigenvalue weighted by Crippen LogP contribution is 2.31. The molecule has 0 aliphatic carbocycles. The summed E-state index contributed by atoms with van der Waals surface area (Å²) in [6, 6.07) is 7.50. The normalized spacial score (nSPS) is 12.1. The first-order valence-electron chi connectivity index (χ1n) is 8.30. The monoisotopic (exact) mass is 368 g/mol. The van der Waals surface area contributed by atoms with E-state index in [1.165, 1.54) is 31.6 Å². The summed E-state index contributed by atoms with van der Waals surface area (Å²) in [7, 11) is 1.45. The van der Waals surface area contributed by atoms with Gasteiger partial charge in [-0.2, -0.15) is 0 Å². The molecule has 0 saturated carbocycles. The number of aromatic hydroxyl groups is 2. The van der Waals surface area contributed by atoms with Gasteiger partial charge in [0, 0.05) is 18.6 Å². The molecule has 0 saturated heterocycles. The van der Waals surface area contributed by atoms with Gasteiger partial charge in [0.1, 0.15) is 34.5 Å². The van der Waals surface area contributed by atoms with Crippen molar-refractivity contribution in [2.24, 2.45) is 0 Å². The summed E-state index contributed by atoms with van der Waals surface area (Å²) in [6.45, 7) is 5.39. The number of rotatable bonds is 5. The second-order valence-electron chi connectivity index (χ2n) is 6.41. The first kappa shape index (κ1) is 18.5. The third kappa shape index (κ3) is 3.52. The molecule has 1 atom stereocenters. The molecule has 0 unspecified atom stereocenters. The van der Waals surface area contributed by atoms with Crippen molar-refractivity contribution in [1.82, 2.24) is 0 Å². The van der Waals surface area contributed by atoms with Gasteiger partial charge < -0.3 is 24.5 Å². The summed E-state index contributed by atoms with van der Waals surface area (Å²) in [4.78, 5) is 12.9. The molecular weight excluding hydrogens is 348 g/mol. The van der Waals surface area contributed by atoms with Gasteiger partial charge >= 0.3 is 0 Å². The summed E-state index contributed by atoms with van der Waals surface area (Å²) in [6.07, 6.45) is 0.654. The van der Waals surface area contributed by atoms with Crippen LogP contribution in [0.1, 0.15) is 12.5 Å². The highest BCUT2D eigenvalue weighted by Gasteiger charge is 2.16. The average molecular weight is 368 g/mol. The van der Waals surface area contributed by atoms with Crippen molar-refractivity contribution < 1.29 is 24.5 Å². The van der Waals surface area contributed by atoms with Gasteiger partial charge in [0.2, 0.25) is 5.43 Å². The first-order valence-corrected chi connectivity index (χ1v) is 8.30. The Morgan fingerprint density at radius 2 is 1.96 bits per heavy atom. The van der Waals surface area contributed by atoms with Crippen LogP contribution in [0.5, 0.6) is 17.2 Å². The number of benzene rings is 2.